The molecule has 0 spiro atoms. The third-order valence-corrected chi connectivity index (χ3v) is 6.39. The average molecular weight is 355 g/mol. The lowest BCUT2D eigenvalue weighted by Crippen LogP contribution is -2.39. The minimum Gasteiger partial charge on any atom is -0.295 e. The monoisotopic (exact) mass is 355 g/mol. The molecule has 4 nitrogen and oxygen atoms in total. The van der Waals surface area contributed by atoms with Gasteiger partial charge in [-0.2, -0.15) is 4.31 Å². The zero-order valence-electron chi connectivity index (χ0n) is 14.3. The molecule has 0 N–H and O–H groups in total. The molecule has 2 aromatic carbocycles. The quantitative estimate of drug-likeness (QED) is 0.841. The molecule has 0 unspecified atom stereocenters. The van der Waals surface area contributed by atoms with E-state index in [1.165, 1.54) is 11.2 Å². The molecular formula is C20H21NO3S. The summed E-state index contributed by atoms with van der Waals surface area (Å²) in [6.07, 6.45) is 2.36. The SMILES string of the molecule is CC(=O)C1=CC[C@@H](c2ccc(C)cc2)N(S(=O)(=O)c2ccccc2)C1. The fraction of sp³-hybridized carbons (Fsp3) is 0.250. The fourth-order valence-corrected chi connectivity index (χ4v) is 4.66. The van der Waals surface area contributed by atoms with Gasteiger partial charge in [-0.25, -0.2) is 8.42 Å². The van der Waals surface area contributed by atoms with Crippen LogP contribution in [0.4, 0.5) is 0 Å². The zero-order valence-corrected chi connectivity index (χ0v) is 15.2. The van der Waals surface area contributed by atoms with E-state index in [1.54, 1.807) is 30.3 Å². The molecule has 0 radical (unpaired) electrons. The van der Waals surface area contributed by atoms with Crippen molar-refractivity contribution < 1.29 is 13.2 Å². The Morgan fingerprint density at radius 3 is 2.28 bits per heavy atom. The lowest BCUT2D eigenvalue weighted by molar-refractivity contribution is -0.113. The number of benzene rings is 2. The van der Waals surface area contributed by atoms with Gasteiger partial charge in [-0.05, 0) is 38.0 Å². The van der Waals surface area contributed by atoms with Gasteiger partial charge in [0.15, 0.2) is 5.78 Å². The van der Waals surface area contributed by atoms with Crippen LogP contribution < -0.4 is 0 Å². The van der Waals surface area contributed by atoms with Crippen LogP contribution in [0.1, 0.15) is 30.5 Å². The number of hydrogen-bond donors (Lipinski definition) is 0. The van der Waals surface area contributed by atoms with Crippen LogP contribution in [0.3, 0.4) is 0 Å². The van der Waals surface area contributed by atoms with Gasteiger partial charge in [-0.3, -0.25) is 4.79 Å². The molecule has 25 heavy (non-hydrogen) atoms. The maximum atomic E-state index is 13.2. The van der Waals surface area contributed by atoms with Crippen molar-refractivity contribution in [2.75, 3.05) is 6.54 Å². The Morgan fingerprint density at radius 2 is 1.68 bits per heavy atom. The van der Waals surface area contributed by atoms with Gasteiger partial charge >= 0.3 is 0 Å². The molecule has 0 saturated carbocycles. The average Bonchev–Trinajstić information content (AvgIpc) is 2.62. The molecule has 1 aliphatic heterocycles. The molecule has 0 aromatic heterocycles. The van der Waals surface area contributed by atoms with Crippen LogP contribution in [0.25, 0.3) is 0 Å². The van der Waals surface area contributed by atoms with Crippen LogP contribution in [-0.2, 0) is 14.8 Å². The van der Waals surface area contributed by atoms with Crippen molar-refractivity contribution in [2.24, 2.45) is 0 Å². The van der Waals surface area contributed by atoms with E-state index in [0.29, 0.717) is 12.0 Å². The molecule has 0 bridgehead atoms. The Hall–Kier alpha value is -2.24. The van der Waals surface area contributed by atoms with E-state index < -0.39 is 10.0 Å². The van der Waals surface area contributed by atoms with E-state index >= 15 is 0 Å². The van der Waals surface area contributed by atoms with Gasteiger partial charge in [0.25, 0.3) is 0 Å². The number of nitrogens with zero attached hydrogens (tertiary/aromatic N) is 1. The van der Waals surface area contributed by atoms with E-state index in [2.05, 4.69) is 0 Å². The van der Waals surface area contributed by atoms with Crippen LogP contribution in [0.5, 0.6) is 0 Å². The Balaban J connectivity index is 2.06. The zero-order chi connectivity index (χ0) is 18.0. The molecule has 0 saturated heterocycles. The number of ketones is 1. The van der Waals surface area contributed by atoms with Gasteiger partial charge in [-0.1, -0.05) is 54.1 Å². The van der Waals surface area contributed by atoms with Gasteiger partial charge in [-0.15, -0.1) is 0 Å². The molecule has 1 atom stereocenters. The Bertz CT molecular complexity index is 900. The largest absolute Gasteiger partial charge is 0.295 e. The second kappa shape index (κ2) is 6.94. The van der Waals surface area contributed by atoms with Gasteiger partial charge in [0.1, 0.15) is 0 Å². The van der Waals surface area contributed by atoms with Crippen LogP contribution in [0, 0.1) is 6.92 Å². The highest BCUT2D eigenvalue weighted by Crippen LogP contribution is 2.35. The third-order valence-electron chi connectivity index (χ3n) is 4.53. The smallest absolute Gasteiger partial charge is 0.243 e. The molecule has 1 aliphatic rings. The summed E-state index contributed by atoms with van der Waals surface area (Å²) in [6.45, 7) is 3.58. The second-order valence-electron chi connectivity index (χ2n) is 6.31. The topological polar surface area (TPSA) is 54.5 Å². The molecular weight excluding hydrogens is 334 g/mol. The maximum Gasteiger partial charge on any atom is 0.243 e. The predicted octanol–water partition coefficient (Wildman–Crippen LogP) is 3.65. The molecule has 1 heterocycles. The first-order valence-corrected chi connectivity index (χ1v) is 9.67. The van der Waals surface area contributed by atoms with Crippen LogP contribution in [0.2, 0.25) is 0 Å². The van der Waals surface area contributed by atoms with Crippen molar-refractivity contribution >= 4 is 15.8 Å². The summed E-state index contributed by atoms with van der Waals surface area (Å²) >= 11 is 0. The predicted molar refractivity (Wildman–Crippen MR) is 97.6 cm³/mol. The second-order valence-corrected chi connectivity index (χ2v) is 8.20. The molecule has 5 heteroatoms. The maximum absolute atomic E-state index is 13.2. The number of aryl methyl sites for hydroxylation is 1. The first-order valence-electron chi connectivity index (χ1n) is 8.23. The Kier molecular flexibility index (Phi) is 4.88. The van der Waals surface area contributed by atoms with E-state index in [4.69, 9.17) is 0 Å². The summed E-state index contributed by atoms with van der Waals surface area (Å²) in [5, 5.41) is 0. The Labute approximate surface area is 148 Å². The molecule has 130 valence electrons. The highest BCUT2D eigenvalue weighted by atomic mass is 32.2. The van der Waals surface area contributed by atoms with Crippen molar-refractivity contribution in [1.29, 1.82) is 0 Å². The van der Waals surface area contributed by atoms with Gasteiger partial charge in [0, 0.05) is 12.1 Å². The first kappa shape index (κ1) is 17.6. The third kappa shape index (κ3) is 3.57. The van der Waals surface area contributed by atoms with Crippen molar-refractivity contribution in [3.63, 3.8) is 0 Å². The minimum absolute atomic E-state index is 0.0874. The van der Waals surface area contributed by atoms with Crippen molar-refractivity contribution in [1.82, 2.24) is 4.31 Å². The van der Waals surface area contributed by atoms with Crippen LogP contribution >= 0.6 is 0 Å². The summed E-state index contributed by atoms with van der Waals surface area (Å²) in [4.78, 5) is 12.1. The highest BCUT2D eigenvalue weighted by molar-refractivity contribution is 7.89. The van der Waals surface area contributed by atoms with Crippen molar-refractivity contribution in [2.45, 2.75) is 31.2 Å². The summed E-state index contributed by atoms with van der Waals surface area (Å²) in [6, 6.07) is 15.9. The summed E-state index contributed by atoms with van der Waals surface area (Å²) in [5.74, 6) is -0.0874. The number of rotatable bonds is 4. The van der Waals surface area contributed by atoms with E-state index in [-0.39, 0.29) is 23.3 Å². The number of hydrogen-bond acceptors (Lipinski definition) is 3. The lowest BCUT2D eigenvalue weighted by Gasteiger charge is -2.34. The van der Waals surface area contributed by atoms with Gasteiger partial charge in [0.2, 0.25) is 10.0 Å². The number of sulfonamides is 1. The fourth-order valence-electron chi connectivity index (χ4n) is 3.04. The van der Waals surface area contributed by atoms with Crippen molar-refractivity contribution in [3.8, 4) is 0 Å². The van der Waals surface area contributed by atoms with E-state index in [9.17, 15) is 13.2 Å². The first-order chi connectivity index (χ1) is 11.9. The lowest BCUT2D eigenvalue weighted by atomic mass is 9.96. The van der Waals surface area contributed by atoms with E-state index in [1.807, 2.05) is 37.3 Å². The summed E-state index contributed by atoms with van der Waals surface area (Å²) < 4.78 is 27.8. The van der Waals surface area contributed by atoms with Crippen LogP contribution in [-0.4, -0.2) is 25.1 Å². The molecule has 0 amide bonds. The van der Waals surface area contributed by atoms with E-state index in [0.717, 1.165) is 11.1 Å². The Morgan fingerprint density at radius 1 is 1.04 bits per heavy atom. The van der Waals surface area contributed by atoms with Crippen molar-refractivity contribution in [3.05, 3.63) is 77.4 Å². The molecule has 0 fully saturated rings. The molecule has 3 rings (SSSR count). The highest BCUT2D eigenvalue weighted by Gasteiger charge is 2.35. The molecule has 2 aromatic rings. The van der Waals surface area contributed by atoms with Gasteiger partial charge in [0.05, 0.1) is 10.9 Å². The number of Topliss-reactive ketones (excluding diaryl/α,β-unsaturated/α-hetero) is 1. The normalized spacial score (nSPS) is 18.6. The molecule has 0 aliphatic carbocycles. The number of carbonyl (C=O) groups excluding carboxylic acids is 1. The van der Waals surface area contributed by atoms with Gasteiger partial charge < -0.3 is 0 Å². The standard InChI is InChI=1S/C20H21NO3S/c1-15-8-10-17(11-9-15)20-13-12-18(16(2)22)14-21(20)25(23,24)19-6-4-3-5-7-19/h3-12,20H,13-14H2,1-2H3/t20-/m0/s1. The summed E-state index contributed by atoms with van der Waals surface area (Å²) in [7, 11) is -3.70. The summed E-state index contributed by atoms with van der Waals surface area (Å²) in [5.41, 5.74) is 2.60. The minimum atomic E-state index is -3.70. The number of carbonyl (C=O) groups is 1. The van der Waals surface area contributed by atoms with Crippen LogP contribution in [0.15, 0.2) is 71.1 Å².